The second-order valence-corrected chi connectivity index (χ2v) is 5.52. The molecule has 0 unspecified atom stereocenters. The van der Waals surface area contributed by atoms with Crippen LogP contribution in [-0.2, 0) is 6.18 Å². The van der Waals surface area contributed by atoms with Crippen molar-refractivity contribution in [1.82, 2.24) is 19.8 Å². The molecule has 0 saturated carbocycles. The van der Waals surface area contributed by atoms with Crippen LogP contribution in [0, 0.1) is 13.8 Å². The van der Waals surface area contributed by atoms with Crippen LogP contribution in [0.5, 0.6) is 0 Å². The molecule has 2 aromatic heterocycles. The number of aromatic nitrogens is 4. The molecule has 2 N–H and O–H groups in total. The van der Waals surface area contributed by atoms with Gasteiger partial charge in [-0.2, -0.15) is 17.7 Å². The smallest absolute Gasteiger partial charge is 0.389 e. The maximum Gasteiger partial charge on any atom is 0.453 e. The molecule has 21 heavy (non-hydrogen) atoms. The van der Waals surface area contributed by atoms with Crippen LogP contribution in [0.1, 0.15) is 30.8 Å². The number of fused-ring (bicyclic) bond motifs is 1. The summed E-state index contributed by atoms with van der Waals surface area (Å²) in [4.78, 5) is 0. The van der Waals surface area contributed by atoms with Crippen LogP contribution in [0.3, 0.4) is 0 Å². The van der Waals surface area contributed by atoms with E-state index in [9.17, 15) is 18.3 Å². The Balaban J connectivity index is 2.54. The summed E-state index contributed by atoms with van der Waals surface area (Å²) in [5.74, 6) is -0.917. The summed E-state index contributed by atoms with van der Waals surface area (Å²) in [7, 11) is 0. The molecular formula is C12H16F3N5O. The fraction of sp³-hybridized carbons (Fsp3) is 0.583. The first-order valence-corrected chi connectivity index (χ1v) is 6.27. The first-order valence-electron chi connectivity index (χ1n) is 6.27. The Morgan fingerprint density at radius 3 is 2.29 bits per heavy atom. The lowest BCUT2D eigenvalue weighted by Crippen LogP contribution is -2.30. The van der Waals surface area contributed by atoms with Crippen molar-refractivity contribution in [2.24, 2.45) is 0 Å². The Bertz CT molecular complexity index is 672. The fourth-order valence-electron chi connectivity index (χ4n) is 1.77. The molecule has 0 fully saturated rings. The van der Waals surface area contributed by atoms with Gasteiger partial charge in [-0.25, -0.2) is 0 Å². The highest BCUT2D eigenvalue weighted by Gasteiger charge is 2.38. The van der Waals surface area contributed by atoms with Gasteiger partial charge in [0.05, 0.1) is 5.60 Å². The van der Waals surface area contributed by atoms with E-state index in [-0.39, 0.29) is 18.0 Å². The van der Waals surface area contributed by atoms with Gasteiger partial charge in [0, 0.05) is 12.1 Å². The number of rotatable bonds is 3. The van der Waals surface area contributed by atoms with Crippen molar-refractivity contribution in [2.45, 2.75) is 39.5 Å². The van der Waals surface area contributed by atoms with Gasteiger partial charge < -0.3 is 10.4 Å². The number of nitrogens with one attached hydrogen (secondary N) is 1. The third-order valence-electron chi connectivity index (χ3n) is 3.04. The highest BCUT2D eigenvalue weighted by Crippen LogP contribution is 2.29. The van der Waals surface area contributed by atoms with Crippen LogP contribution in [0.25, 0.3) is 5.65 Å². The van der Waals surface area contributed by atoms with E-state index in [1.807, 2.05) is 0 Å². The molecule has 0 amide bonds. The number of hydrogen-bond donors (Lipinski definition) is 2. The quantitative estimate of drug-likeness (QED) is 0.906. The van der Waals surface area contributed by atoms with Crippen LogP contribution in [0.4, 0.5) is 19.0 Å². The zero-order valence-corrected chi connectivity index (χ0v) is 12.1. The summed E-state index contributed by atoms with van der Waals surface area (Å²) >= 11 is 0. The van der Waals surface area contributed by atoms with E-state index in [1.54, 1.807) is 27.7 Å². The van der Waals surface area contributed by atoms with E-state index in [4.69, 9.17) is 0 Å². The largest absolute Gasteiger partial charge is 0.453 e. The maximum absolute atomic E-state index is 12.9. The lowest BCUT2D eigenvalue weighted by molar-refractivity contribution is -0.146. The van der Waals surface area contributed by atoms with E-state index >= 15 is 0 Å². The van der Waals surface area contributed by atoms with Crippen molar-refractivity contribution in [3.05, 3.63) is 17.0 Å². The van der Waals surface area contributed by atoms with Crippen molar-refractivity contribution < 1.29 is 18.3 Å². The zero-order valence-electron chi connectivity index (χ0n) is 12.1. The molecule has 6 nitrogen and oxygen atoms in total. The molecule has 0 spiro atoms. The minimum atomic E-state index is -4.64. The molecule has 0 radical (unpaired) electrons. The summed E-state index contributed by atoms with van der Waals surface area (Å²) in [6.45, 7) is 6.68. The molecular weight excluding hydrogens is 287 g/mol. The second kappa shape index (κ2) is 4.83. The predicted octanol–water partition coefficient (Wildman–Crippen LogP) is 1.94. The molecule has 0 saturated heterocycles. The number of hydrogen-bond acceptors (Lipinski definition) is 5. The third kappa shape index (κ3) is 3.07. The zero-order chi connectivity index (χ0) is 16.0. The lowest BCUT2D eigenvalue weighted by atomic mass is 10.1. The van der Waals surface area contributed by atoms with Gasteiger partial charge in [0.2, 0.25) is 0 Å². The summed E-state index contributed by atoms with van der Waals surface area (Å²) in [6, 6.07) is 0. The summed E-state index contributed by atoms with van der Waals surface area (Å²) in [6.07, 6.45) is -4.64. The van der Waals surface area contributed by atoms with Gasteiger partial charge in [-0.1, -0.05) is 0 Å². The number of aliphatic hydroxyl groups is 1. The minimum Gasteiger partial charge on any atom is -0.389 e. The first kappa shape index (κ1) is 15.5. The van der Waals surface area contributed by atoms with Crippen LogP contribution >= 0.6 is 0 Å². The molecule has 0 aliphatic rings. The van der Waals surface area contributed by atoms with E-state index in [1.165, 1.54) is 0 Å². The molecule has 0 bridgehead atoms. The van der Waals surface area contributed by atoms with Gasteiger partial charge in [0.1, 0.15) is 5.82 Å². The van der Waals surface area contributed by atoms with Crippen molar-refractivity contribution in [3.8, 4) is 0 Å². The van der Waals surface area contributed by atoms with E-state index in [2.05, 4.69) is 20.6 Å². The molecule has 2 rings (SSSR count). The van der Waals surface area contributed by atoms with Crippen molar-refractivity contribution >= 4 is 11.5 Å². The molecule has 0 aliphatic carbocycles. The highest BCUT2D eigenvalue weighted by atomic mass is 19.4. The third-order valence-corrected chi connectivity index (χ3v) is 3.04. The second-order valence-electron chi connectivity index (χ2n) is 5.52. The average Bonchev–Trinajstić information content (AvgIpc) is 2.74. The summed E-state index contributed by atoms with van der Waals surface area (Å²) in [5, 5.41) is 23.2. The Kier molecular flexibility index (Phi) is 3.56. The number of halogens is 3. The Morgan fingerprint density at radius 1 is 1.14 bits per heavy atom. The molecule has 0 aromatic carbocycles. The molecule has 116 valence electrons. The Labute approximate surface area is 119 Å². The van der Waals surface area contributed by atoms with Crippen LogP contribution in [0.2, 0.25) is 0 Å². The Hall–Kier alpha value is -1.90. The van der Waals surface area contributed by atoms with Gasteiger partial charge in [-0.05, 0) is 33.3 Å². The SMILES string of the molecule is Cc1c(NCC(C)(C)O)nn2c(C(F)(F)F)nnc2c1C. The van der Waals surface area contributed by atoms with Gasteiger partial charge in [0.15, 0.2) is 5.65 Å². The normalized spacial score (nSPS) is 13.0. The molecule has 2 heterocycles. The lowest BCUT2D eigenvalue weighted by Gasteiger charge is -2.19. The molecule has 2 aromatic rings. The van der Waals surface area contributed by atoms with Crippen LogP contribution < -0.4 is 5.32 Å². The predicted molar refractivity (Wildman–Crippen MR) is 70.0 cm³/mol. The molecule has 0 atom stereocenters. The number of nitrogens with zero attached hydrogens (tertiary/aromatic N) is 4. The number of anilines is 1. The van der Waals surface area contributed by atoms with Gasteiger partial charge in [-0.3, -0.25) is 0 Å². The monoisotopic (exact) mass is 303 g/mol. The number of alkyl halides is 3. The molecule has 0 aliphatic heterocycles. The Morgan fingerprint density at radius 2 is 1.76 bits per heavy atom. The topological polar surface area (TPSA) is 75.3 Å². The van der Waals surface area contributed by atoms with Crippen LogP contribution in [-0.4, -0.2) is 37.1 Å². The van der Waals surface area contributed by atoms with Crippen molar-refractivity contribution in [2.75, 3.05) is 11.9 Å². The van der Waals surface area contributed by atoms with Crippen LogP contribution in [0.15, 0.2) is 0 Å². The standard InChI is InChI=1S/C12H16F3N5O/c1-6-7(2)9-17-18-10(12(13,14)15)20(9)19-8(6)16-5-11(3,4)21/h21H,5H2,1-4H3,(H,16,19). The fourth-order valence-corrected chi connectivity index (χ4v) is 1.77. The van der Waals surface area contributed by atoms with E-state index in [0.29, 0.717) is 15.6 Å². The average molecular weight is 303 g/mol. The van der Waals surface area contributed by atoms with Crippen molar-refractivity contribution in [1.29, 1.82) is 0 Å². The molecule has 9 heteroatoms. The van der Waals surface area contributed by atoms with Gasteiger partial charge in [0.25, 0.3) is 5.82 Å². The van der Waals surface area contributed by atoms with Gasteiger partial charge in [-0.15, -0.1) is 15.3 Å². The van der Waals surface area contributed by atoms with Gasteiger partial charge >= 0.3 is 6.18 Å². The van der Waals surface area contributed by atoms with Crippen molar-refractivity contribution in [3.63, 3.8) is 0 Å². The first-order chi connectivity index (χ1) is 9.50. The van der Waals surface area contributed by atoms with E-state index in [0.717, 1.165) is 0 Å². The maximum atomic E-state index is 12.9. The van der Waals surface area contributed by atoms with E-state index < -0.39 is 17.6 Å². The highest BCUT2D eigenvalue weighted by molar-refractivity contribution is 5.58. The number of aryl methyl sites for hydroxylation is 1. The minimum absolute atomic E-state index is 0.0635. The summed E-state index contributed by atoms with van der Waals surface area (Å²) < 4.78 is 39.3. The summed E-state index contributed by atoms with van der Waals surface area (Å²) in [5.41, 5.74) is 0.254.